The van der Waals surface area contributed by atoms with E-state index < -0.39 is 23.9 Å². The maximum absolute atomic E-state index is 12.9. The lowest BCUT2D eigenvalue weighted by atomic mass is 9.98. The van der Waals surface area contributed by atoms with E-state index in [1.165, 1.54) is 34.6 Å². The normalized spacial score (nSPS) is 20.4. The van der Waals surface area contributed by atoms with Gasteiger partial charge in [0.2, 0.25) is 5.91 Å². The highest BCUT2D eigenvalue weighted by atomic mass is 35.5. The molecule has 0 spiro atoms. The summed E-state index contributed by atoms with van der Waals surface area (Å²) in [7, 11) is 3.64. The summed E-state index contributed by atoms with van der Waals surface area (Å²) in [5.74, 6) is -2.30. The quantitative estimate of drug-likeness (QED) is 0.507. The predicted octanol–water partition coefficient (Wildman–Crippen LogP) is 0.263. The molecule has 34 heavy (non-hydrogen) atoms. The van der Waals surface area contributed by atoms with Gasteiger partial charge in [-0.3, -0.25) is 19.2 Å². The van der Waals surface area contributed by atoms with E-state index in [9.17, 15) is 19.2 Å². The number of nitrogens with zero attached hydrogens (tertiary/aromatic N) is 4. The molecule has 0 unspecified atom stereocenters. The van der Waals surface area contributed by atoms with Crippen molar-refractivity contribution in [2.75, 3.05) is 32.5 Å². The first-order valence-corrected chi connectivity index (χ1v) is 11.8. The molecule has 2 atom stereocenters. The monoisotopic (exact) mass is 505 g/mol. The third-order valence-electron chi connectivity index (χ3n) is 5.70. The Labute approximate surface area is 204 Å². The number of hydrogen-bond acceptors (Lipinski definition) is 8. The number of amides is 4. The lowest BCUT2D eigenvalue weighted by Gasteiger charge is -2.36. The van der Waals surface area contributed by atoms with Gasteiger partial charge in [-0.2, -0.15) is 0 Å². The maximum Gasteiger partial charge on any atom is 0.314 e. The molecule has 11 nitrogen and oxygen atoms in total. The molecule has 180 valence electrons. The van der Waals surface area contributed by atoms with Gasteiger partial charge in [0.15, 0.2) is 5.01 Å². The fourth-order valence-corrected chi connectivity index (χ4v) is 5.02. The number of carbonyl (C=O) groups is 4. The molecule has 0 aromatic carbocycles. The molecule has 3 N–H and O–H groups in total. The molecular formula is C21H24ClN7O4S. The van der Waals surface area contributed by atoms with Crippen molar-refractivity contribution in [3.63, 3.8) is 0 Å². The van der Waals surface area contributed by atoms with Crippen molar-refractivity contribution in [1.29, 1.82) is 0 Å². The Kier molecular flexibility index (Phi) is 7.10. The largest absolute Gasteiger partial charge is 0.344 e. The summed E-state index contributed by atoms with van der Waals surface area (Å²) >= 11 is 7.12. The molecule has 0 aliphatic carbocycles. The molecule has 0 saturated carbocycles. The average Bonchev–Trinajstić information content (AvgIpc) is 3.22. The number of piperidine rings is 1. The molecule has 2 aliphatic heterocycles. The number of nitrogens with one attached hydrogen (secondary N) is 3. The van der Waals surface area contributed by atoms with Gasteiger partial charge in [0.1, 0.15) is 5.82 Å². The van der Waals surface area contributed by atoms with E-state index in [1.807, 2.05) is 7.05 Å². The van der Waals surface area contributed by atoms with Gasteiger partial charge in [0.25, 0.3) is 5.91 Å². The number of likely N-dealkylation sites (N-methyl/N-ethyl adjacent to an activating group) is 2. The van der Waals surface area contributed by atoms with Crippen LogP contribution < -0.4 is 16.0 Å². The minimum Gasteiger partial charge on any atom is -0.344 e. The predicted molar refractivity (Wildman–Crippen MR) is 125 cm³/mol. The van der Waals surface area contributed by atoms with Crippen LogP contribution in [-0.2, 0) is 27.3 Å². The van der Waals surface area contributed by atoms with E-state index in [-0.39, 0.29) is 30.6 Å². The van der Waals surface area contributed by atoms with E-state index in [0.29, 0.717) is 10.0 Å². The highest BCUT2D eigenvalue weighted by molar-refractivity contribution is 7.13. The smallest absolute Gasteiger partial charge is 0.314 e. The van der Waals surface area contributed by atoms with Crippen molar-refractivity contribution in [3.05, 3.63) is 38.9 Å². The molecule has 4 amide bonds. The number of aromatic nitrogens is 2. The topological polar surface area (TPSA) is 137 Å². The second-order valence-electron chi connectivity index (χ2n) is 8.33. The summed E-state index contributed by atoms with van der Waals surface area (Å²) in [5, 5.41) is 8.56. The van der Waals surface area contributed by atoms with Crippen LogP contribution in [0.2, 0.25) is 5.02 Å². The Balaban J connectivity index is 1.42. The molecule has 2 aromatic heterocycles. The van der Waals surface area contributed by atoms with E-state index in [2.05, 4.69) is 30.8 Å². The zero-order valence-electron chi connectivity index (χ0n) is 18.6. The Morgan fingerprint density at radius 3 is 2.68 bits per heavy atom. The van der Waals surface area contributed by atoms with Gasteiger partial charge in [-0.1, -0.05) is 11.6 Å². The van der Waals surface area contributed by atoms with Crippen LogP contribution in [0, 0.1) is 0 Å². The second kappa shape index (κ2) is 10.0. The van der Waals surface area contributed by atoms with Gasteiger partial charge in [0.05, 0.1) is 22.8 Å². The summed E-state index contributed by atoms with van der Waals surface area (Å²) < 4.78 is 0. The highest BCUT2D eigenvalue weighted by Crippen LogP contribution is 2.25. The van der Waals surface area contributed by atoms with Crippen molar-refractivity contribution in [2.24, 2.45) is 0 Å². The van der Waals surface area contributed by atoms with Crippen molar-refractivity contribution in [1.82, 2.24) is 30.4 Å². The molecule has 0 radical (unpaired) electrons. The fourth-order valence-electron chi connectivity index (χ4n) is 3.82. The van der Waals surface area contributed by atoms with Crippen molar-refractivity contribution < 1.29 is 19.2 Å². The summed E-state index contributed by atoms with van der Waals surface area (Å²) in [5.41, 5.74) is 0.932. The number of thiazole rings is 1. The SMILES string of the molecule is CN1CCc2nc(C(=O)N[C@H]3CN(C)C(=O)C[C@@H]3NC(=O)C(=O)Nc3ccc(Cl)cn3)sc2C1. The third-order valence-corrected chi connectivity index (χ3v) is 7.01. The van der Waals surface area contributed by atoms with Gasteiger partial charge < -0.3 is 25.8 Å². The minimum absolute atomic E-state index is 0.0567. The number of rotatable bonds is 4. The molecule has 0 bridgehead atoms. The minimum atomic E-state index is -0.942. The first kappa shape index (κ1) is 24.0. The van der Waals surface area contributed by atoms with E-state index in [1.54, 1.807) is 7.05 Å². The van der Waals surface area contributed by atoms with Crippen molar-refractivity contribution in [3.8, 4) is 0 Å². The van der Waals surface area contributed by atoms with Crippen LogP contribution >= 0.6 is 22.9 Å². The van der Waals surface area contributed by atoms with Crippen LogP contribution in [0.15, 0.2) is 18.3 Å². The van der Waals surface area contributed by atoms with Crippen molar-refractivity contribution >= 4 is 52.4 Å². The van der Waals surface area contributed by atoms with Crippen LogP contribution in [-0.4, -0.2) is 82.7 Å². The van der Waals surface area contributed by atoms with Crippen LogP contribution in [0.5, 0.6) is 0 Å². The molecule has 4 rings (SSSR count). The Morgan fingerprint density at radius 1 is 1.15 bits per heavy atom. The second-order valence-corrected chi connectivity index (χ2v) is 9.85. The summed E-state index contributed by atoms with van der Waals surface area (Å²) in [6.07, 6.45) is 2.07. The summed E-state index contributed by atoms with van der Waals surface area (Å²) in [6.45, 7) is 1.82. The number of pyridine rings is 1. The first-order valence-electron chi connectivity index (χ1n) is 10.6. The number of carbonyl (C=O) groups excluding carboxylic acids is 4. The molecule has 1 saturated heterocycles. The first-order chi connectivity index (χ1) is 16.2. The number of fused-ring (bicyclic) bond motifs is 1. The van der Waals surface area contributed by atoms with Crippen LogP contribution in [0.3, 0.4) is 0 Å². The summed E-state index contributed by atoms with van der Waals surface area (Å²) in [6, 6.07) is 1.63. The van der Waals surface area contributed by atoms with Crippen molar-refractivity contribution in [2.45, 2.75) is 31.5 Å². The van der Waals surface area contributed by atoms with Crippen LogP contribution in [0.25, 0.3) is 0 Å². The number of halogens is 1. The van der Waals surface area contributed by atoms with Gasteiger partial charge in [-0.15, -0.1) is 11.3 Å². The molecule has 2 aliphatic rings. The van der Waals surface area contributed by atoms with Gasteiger partial charge >= 0.3 is 11.8 Å². The van der Waals surface area contributed by atoms with Gasteiger partial charge in [-0.05, 0) is 19.2 Å². The molecule has 4 heterocycles. The van der Waals surface area contributed by atoms with Crippen LogP contribution in [0.1, 0.15) is 26.8 Å². The van der Waals surface area contributed by atoms with Gasteiger partial charge in [0, 0.05) is 50.6 Å². The number of likely N-dealkylation sites (tertiary alicyclic amines) is 1. The molecule has 13 heteroatoms. The standard InChI is InChI=1S/C21H24ClN7O4S/c1-28-6-5-12-15(10-28)34-21(26-12)20(33)25-14-9-29(2)17(30)7-13(14)24-18(31)19(32)27-16-4-3-11(22)8-23-16/h3-4,8,13-14H,5-7,9-10H2,1-2H3,(H,24,31)(H,25,33)(H,23,27,32)/t13-,14-/m0/s1. The maximum atomic E-state index is 12.9. The number of hydrogen-bond donors (Lipinski definition) is 3. The zero-order valence-corrected chi connectivity index (χ0v) is 20.2. The zero-order chi connectivity index (χ0) is 24.4. The van der Waals surface area contributed by atoms with E-state index >= 15 is 0 Å². The van der Waals surface area contributed by atoms with E-state index in [4.69, 9.17) is 11.6 Å². The Bertz CT molecular complexity index is 1120. The molecule has 2 aromatic rings. The molecular weight excluding hydrogens is 482 g/mol. The summed E-state index contributed by atoms with van der Waals surface area (Å²) in [4.78, 5) is 63.1. The average molecular weight is 506 g/mol. The Morgan fingerprint density at radius 2 is 1.94 bits per heavy atom. The molecule has 1 fully saturated rings. The lowest BCUT2D eigenvalue weighted by molar-refractivity contribution is -0.139. The Hall–Kier alpha value is -3.09. The lowest BCUT2D eigenvalue weighted by Crippen LogP contribution is -2.62. The third kappa shape index (κ3) is 5.51. The number of anilines is 1. The fraction of sp³-hybridized carbons (Fsp3) is 0.429. The van der Waals surface area contributed by atoms with Gasteiger partial charge in [-0.25, -0.2) is 9.97 Å². The van der Waals surface area contributed by atoms with Crippen LogP contribution in [0.4, 0.5) is 5.82 Å². The highest BCUT2D eigenvalue weighted by Gasteiger charge is 2.36. The van der Waals surface area contributed by atoms with E-state index in [0.717, 1.165) is 30.1 Å².